The van der Waals surface area contributed by atoms with Crippen molar-refractivity contribution in [2.45, 2.75) is 26.3 Å². The minimum Gasteiger partial charge on any atom is -0.496 e. The molecule has 2 aromatic carbocycles. The van der Waals surface area contributed by atoms with Crippen molar-refractivity contribution in [2.24, 2.45) is 4.99 Å². The number of hydrogen-bond donors (Lipinski definition) is 1. The summed E-state index contributed by atoms with van der Waals surface area (Å²) in [7, 11) is 1.62. The number of nitrogens with zero attached hydrogens (tertiary/aromatic N) is 1. The molecule has 0 saturated carbocycles. The number of hydrogen-bond acceptors (Lipinski definition) is 4. The Balaban J connectivity index is 1.95. The van der Waals surface area contributed by atoms with Crippen molar-refractivity contribution in [3.8, 4) is 5.75 Å². The molecule has 1 aliphatic heterocycles. The number of thioether (sulfide) groups is 1. The average Bonchev–Trinajstić information content (AvgIpc) is 3.06. The third kappa shape index (κ3) is 4.54. The Kier molecular flexibility index (Phi) is 5.63. The molecule has 0 spiro atoms. The Bertz CT molecular complexity index is 771. The van der Waals surface area contributed by atoms with Crippen LogP contribution in [0.2, 0.25) is 0 Å². The maximum Gasteiger partial charge on any atom is 0.157 e. The van der Waals surface area contributed by atoms with Crippen molar-refractivity contribution >= 4 is 16.9 Å². The van der Waals surface area contributed by atoms with Crippen molar-refractivity contribution < 1.29 is 9.13 Å². The number of methoxy groups -OCH3 is 1. The molecule has 0 bridgehead atoms. The zero-order chi connectivity index (χ0) is 17.8. The summed E-state index contributed by atoms with van der Waals surface area (Å²) >= 11 is 1.70. The van der Waals surface area contributed by atoms with Crippen LogP contribution in [0.5, 0.6) is 5.75 Å². The van der Waals surface area contributed by atoms with E-state index in [1.54, 1.807) is 31.0 Å². The number of benzene rings is 2. The molecule has 1 N–H and O–H groups in total. The molecule has 1 heterocycles. The summed E-state index contributed by atoms with van der Waals surface area (Å²) in [5.74, 6) is 1.41. The molecule has 0 saturated heterocycles. The molecule has 25 heavy (non-hydrogen) atoms. The molecule has 0 amide bonds. The monoisotopic (exact) mass is 358 g/mol. The molecule has 0 aliphatic carbocycles. The van der Waals surface area contributed by atoms with Gasteiger partial charge in [-0.1, -0.05) is 41.1 Å². The van der Waals surface area contributed by atoms with Crippen molar-refractivity contribution in [3.63, 3.8) is 0 Å². The Hall–Kier alpha value is -2.01. The summed E-state index contributed by atoms with van der Waals surface area (Å²) in [6.45, 7) is 5.01. The van der Waals surface area contributed by atoms with E-state index in [0.717, 1.165) is 29.4 Å². The van der Waals surface area contributed by atoms with E-state index in [1.165, 1.54) is 22.8 Å². The molecule has 5 heteroatoms. The van der Waals surface area contributed by atoms with Gasteiger partial charge in [0.2, 0.25) is 0 Å². The van der Waals surface area contributed by atoms with Crippen molar-refractivity contribution in [1.82, 2.24) is 5.32 Å². The summed E-state index contributed by atoms with van der Waals surface area (Å²) < 4.78 is 19.4. The summed E-state index contributed by atoms with van der Waals surface area (Å²) in [5, 5.41) is 4.41. The van der Waals surface area contributed by atoms with Crippen molar-refractivity contribution in [3.05, 3.63) is 64.5 Å². The van der Waals surface area contributed by atoms with Gasteiger partial charge < -0.3 is 10.1 Å². The molecule has 3 nitrogen and oxygen atoms in total. The molecule has 132 valence electrons. The maximum absolute atomic E-state index is 13.9. The highest BCUT2D eigenvalue weighted by atomic mass is 32.2. The number of halogens is 1. The van der Waals surface area contributed by atoms with Gasteiger partial charge in [-0.3, -0.25) is 4.99 Å². The highest BCUT2D eigenvalue weighted by molar-refractivity contribution is 8.14. The van der Waals surface area contributed by atoms with Gasteiger partial charge in [0.25, 0.3) is 0 Å². The highest BCUT2D eigenvalue weighted by Gasteiger charge is 2.21. The van der Waals surface area contributed by atoms with Crippen LogP contribution in [0.15, 0.2) is 41.4 Å². The lowest BCUT2D eigenvalue weighted by Crippen LogP contribution is -2.27. The van der Waals surface area contributed by atoms with Crippen LogP contribution in [-0.4, -0.2) is 24.6 Å². The second kappa shape index (κ2) is 7.91. The van der Waals surface area contributed by atoms with E-state index in [9.17, 15) is 4.39 Å². The van der Waals surface area contributed by atoms with Gasteiger partial charge in [0.15, 0.2) is 5.17 Å². The van der Waals surface area contributed by atoms with Gasteiger partial charge in [-0.25, -0.2) is 4.39 Å². The predicted molar refractivity (Wildman–Crippen MR) is 103 cm³/mol. The lowest BCUT2D eigenvalue weighted by Gasteiger charge is -2.22. The van der Waals surface area contributed by atoms with Crippen LogP contribution in [0, 0.1) is 19.7 Å². The summed E-state index contributed by atoms with van der Waals surface area (Å²) in [6, 6.07) is 11.1. The topological polar surface area (TPSA) is 33.6 Å². The first-order chi connectivity index (χ1) is 12.0. The number of aryl methyl sites for hydroxylation is 2. The van der Waals surface area contributed by atoms with Crippen molar-refractivity contribution in [1.29, 1.82) is 0 Å². The van der Waals surface area contributed by atoms with E-state index >= 15 is 0 Å². The first kappa shape index (κ1) is 17.8. The third-order valence-electron chi connectivity index (χ3n) is 4.17. The molecule has 0 fully saturated rings. The molecular weight excluding hydrogens is 335 g/mol. The van der Waals surface area contributed by atoms with Crippen LogP contribution in [0.1, 0.15) is 28.3 Å². The number of ether oxygens (including phenoxy) is 1. The molecule has 1 aliphatic rings. The van der Waals surface area contributed by atoms with E-state index in [-0.39, 0.29) is 11.9 Å². The van der Waals surface area contributed by atoms with Gasteiger partial charge in [0.1, 0.15) is 11.6 Å². The minimum absolute atomic E-state index is 0.101. The molecule has 0 radical (unpaired) electrons. The molecule has 3 rings (SSSR count). The predicted octanol–water partition coefficient (Wildman–Crippen LogP) is 4.43. The zero-order valence-corrected chi connectivity index (χ0v) is 15.6. The van der Waals surface area contributed by atoms with Crippen LogP contribution >= 0.6 is 11.8 Å². The zero-order valence-electron chi connectivity index (χ0n) is 14.8. The molecule has 1 unspecified atom stereocenters. The van der Waals surface area contributed by atoms with Gasteiger partial charge in [-0.05, 0) is 44.0 Å². The number of nitrogens with one attached hydrogen (secondary N) is 1. The number of aliphatic imine (C=N–C) groups is 1. The van der Waals surface area contributed by atoms with E-state index < -0.39 is 0 Å². The van der Waals surface area contributed by atoms with Crippen LogP contribution in [-0.2, 0) is 6.42 Å². The maximum atomic E-state index is 13.9. The first-order valence-electron chi connectivity index (χ1n) is 8.39. The minimum atomic E-state index is -0.260. The average molecular weight is 358 g/mol. The number of amidine groups is 1. The van der Waals surface area contributed by atoms with Crippen LogP contribution in [0.3, 0.4) is 0 Å². The first-order valence-corrected chi connectivity index (χ1v) is 9.38. The van der Waals surface area contributed by atoms with Crippen LogP contribution in [0.4, 0.5) is 4.39 Å². The fourth-order valence-electron chi connectivity index (χ4n) is 3.21. The standard InChI is InChI=1S/C20H23FN2OS/c1-13-8-14(2)10-15(9-13)11-18(23-20-22-6-7-25-20)17-12-16(21)4-5-19(17)24-3/h4-5,8-10,12,18H,6-7,11H2,1-3H3,(H,22,23). The lowest BCUT2D eigenvalue weighted by molar-refractivity contribution is 0.401. The van der Waals surface area contributed by atoms with E-state index in [4.69, 9.17) is 4.74 Å². The normalized spacial score (nSPS) is 15.0. The third-order valence-corrected chi connectivity index (χ3v) is 5.08. The quantitative estimate of drug-likeness (QED) is 0.859. The molecule has 2 aromatic rings. The van der Waals surface area contributed by atoms with E-state index in [1.807, 2.05) is 0 Å². The summed E-state index contributed by atoms with van der Waals surface area (Å²) in [6.07, 6.45) is 0.738. The fraction of sp³-hybridized carbons (Fsp3) is 0.350. The Morgan fingerprint density at radius 2 is 1.96 bits per heavy atom. The lowest BCUT2D eigenvalue weighted by atomic mass is 9.96. The van der Waals surface area contributed by atoms with Gasteiger partial charge in [0.05, 0.1) is 19.7 Å². The molecule has 0 aromatic heterocycles. The smallest absolute Gasteiger partial charge is 0.157 e. The van der Waals surface area contributed by atoms with E-state index in [0.29, 0.717) is 5.75 Å². The van der Waals surface area contributed by atoms with Gasteiger partial charge in [0, 0.05) is 11.3 Å². The largest absolute Gasteiger partial charge is 0.496 e. The molecular formula is C20H23FN2OS. The second-order valence-electron chi connectivity index (χ2n) is 6.32. The highest BCUT2D eigenvalue weighted by Crippen LogP contribution is 2.30. The van der Waals surface area contributed by atoms with Gasteiger partial charge >= 0.3 is 0 Å². The second-order valence-corrected chi connectivity index (χ2v) is 7.40. The summed E-state index contributed by atoms with van der Waals surface area (Å²) in [4.78, 5) is 4.49. The molecule has 1 atom stereocenters. The SMILES string of the molecule is COc1ccc(F)cc1C(Cc1cc(C)cc(C)c1)NC1=NCCS1. The fourth-order valence-corrected chi connectivity index (χ4v) is 3.99. The Morgan fingerprint density at radius 1 is 1.20 bits per heavy atom. The van der Waals surface area contributed by atoms with E-state index in [2.05, 4.69) is 42.4 Å². The van der Waals surface area contributed by atoms with Crippen LogP contribution < -0.4 is 10.1 Å². The number of rotatable bonds is 5. The van der Waals surface area contributed by atoms with Gasteiger partial charge in [-0.2, -0.15) is 0 Å². The van der Waals surface area contributed by atoms with Gasteiger partial charge in [-0.15, -0.1) is 0 Å². The Labute approximate surface area is 152 Å². The Morgan fingerprint density at radius 3 is 2.60 bits per heavy atom. The van der Waals surface area contributed by atoms with Crippen LogP contribution in [0.25, 0.3) is 0 Å². The van der Waals surface area contributed by atoms with Crippen molar-refractivity contribution in [2.75, 3.05) is 19.4 Å². The summed E-state index contributed by atoms with van der Waals surface area (Å²) in [5.41, 5.74) is 4.49.